The molecule has 1 aromatic heterocycles. The van der Waals surface area contributed by atoms with Gasteiger partial charge < -0.3 is 9.84 Å². The zero-order valence-corrected chi connectivity index (χ0v) is 13.6. The first-order valence-corrected chi connectivity index (χ1v) is 8.26. The Morgan fingerprint density at radius 3 is 2.74 bits per heavy atom. The number of thiazole rings is 1. The molecular weight excluding hydrogens is 310 g/mol. The number of ether oxygens (including phenoxy) is 1. The van der Waals surface area contributed by atoms with E-state index in [2.05, 4.69) is 17.1 Å². The van der Waals surface area contributed by atoms with Crippen molar-refractivity contribution in [3.63, 3.8) is 0 Å². The van der Waals surface area contributed by atoms with E-state index in [9.17, 15) is 4.79 Å². The highest BCUT2D eigenvalue weighted by Gasteiger charge is 2.13. The molecule has 0 bridgehead atoms. The summed E-state index contributed by atoms with van der Waals surface area (Å²) in [5.41, 5.74) is 0.591. The summed E-state index contributed by atoms with van der Waals surface area (Å²) in [7, 11) is 0. The van der Waals surface area contributed by atoms with Gasteiger partial charge in [0.2, 0.25) is 0 Å². The maximum absolute atomic E-state index is 11.0. The summed E-state index contributed by atoms with van der Waals surface area (Å²) in [5.74, 6) is -0.0519. The van der Waals surface area contributed by atoms with Crippen molar-refractivity contribution in [2.45, 2.75) is 19.8 Å². The number of hydrogen-bond donors (Lipinski definition) is 1. The van der Waals surface area contributed by atoms with E-state index in [-0.39, 0.29) is 0 Å². The fourth-order valence-electron chi connectivity index (χ4n) is 2.43. The number of carbonyl (C=O) groups is 1. The molecule has 0 unspecified atom stereocenters. The molecule has 3 aromatic rings. The van der Waals surface area contributed by atoms with Crippen LogP contribution in [0.3, 0.4) is 0 Å². The second-order valence-corrected chi connectivity index (χ2v) is 6.37. The van der Waals surface area contributed by atoms with Crippen LogP contribution in [-0.4, -0.2) is 22.7 Å². The van der Waals surface area contributed by atoms with Crippen molar-refractivity contribution in [2.75, 3.05) is 6.61 Å². The molecule has 2 aromatic carbocycles. The van der Waals surface area contributed by atoms with Gasteiger partial charge >= 0.3 is 5.97 Å². The fraction of sp³-hybridized carbons (Fsp3) is 0.222. The molecule has 1 heterocycles. The Kier molecular flexibility index (Phi) is 4.57. The Balaban J connectivity index is 1.54. The molecule has 0 aliphatic rings. The molecule has 5 heteroatoms. The first-order valence-electron chi connectivity index (χ1n) is 7.44. The standard InChI is InChI=1S/C18H17NO3S/c1-12-17(18(20)21)23-16(19-12)7-4-10-22-15-9-8-13-5-2-3-6-14(13)11-15/h2-3,5-6,8-9,11H,4,7,10H2,1H3,(H,20,21). The van der Waals surface area contributed by atoms with Gasteiger partial charge in [0.05, 0.1) is 17.3 Å². The third-order valence-corrected chi connectivity index (χ3v) is 4.76. The summed E-state index contributed by atoms with van der Waals surface area (Å²) in [4.78, 5) is 15.6. The molecule has 4 nitrogen and oxygen atoms in total. The van der Waals surface area contributed by atoms with Crippen molar-refractivity contribution in [1.82, 2.24) is 4.98 Å². The molecule has 3 rings (SSSR count). The van der Waals surface area contributed by atoms with Crippen LogP contribution in [0.4, 0.5) is 0 Å². The lowest BCUT2D eigenvalue weighted by Crippen LogP contribution is -1.99. The second-order valence-electron chi connectivity index (χ2n) is 5.29. The Hall–Kier alpha value is -2.40. The van der Waals surface area contributed by atoms with Crippen molar-refractivity contribution < 1.29 is 14.6 Å². The summed E-state index contributed by atoms with van der Waals surface area (Å²) in [5, 5.41) is 12.2. The number of carboxylic acids is 1. The molecule has 0 amide bonds. The Bertz CT molecular complexity index is 841. The van der Waals surface area contributed by atoms with E-state index >= 15 is 0 Å². The number of aromatic carboxylic acids is 1. The van der Waals surface area contributed by atoms with Crippen molar-refractivity contribution >= 4 is 28.1 Å². The van der Waals surface area contributed by atoms with E-state index < -0.39 is 5.97 Å². The summed E-state index contributed by atoms with van der Waals surface area (Å²) in [6.07, 6.45) is 1.53. The minimum Gasteiger partial charge on any atom is -0.494 e. The third kappa shape index (κ3) is 3.68. The van der Waals surface area contributed by atoms with E-state index in [1.165, 1.54) is 16.7 Å². The number of aromatic nitrogens is 1. The molecule has 1 N–H and O–H groups in total. The number of fused-ring (bicyclic) bond motifs is 1. The summed E-state index contributed by atoms with van der Waals surface area (Å²) < 4.78 is 5.78. The zero-order chi connectivity index (χ0) is 16.2. The van der Waals surface area contributed by atoms with E-state index in [0.717, 1.165) is 29.0 Å². The van der Waals surface area contributed by atoms with Crippen LogP contribution in [0.2, 0.25) is 0 Å². The smallest absolute Gasteiger partial charge is 0.347 e. The number of rotatable bonds is 6. The summed E-state index contributed by atoms with van der Waals surface area (Å²) in [6, 6.07) is 14.2. The highest BCUT2D eigenvalue weighted by atomic mass is 32.1. The molecule has 0 radical (unpaired) electrons. The van der Waals surface area contributed by atoms with Gasteiger partial charge in [-0.15, -0.1) is 11.3 Å². The molecule has 0 spiro atoms. The lowest BCUT2D eigenvalue weighted by atomic mass is 10.1. The van der Waals surface area contributed by atoms with Crippen LogP contribution in [-0.2, 0) is 6.42 Å². The van der Waals surface area contributed by atoms with Crippen LogP contribution in [0.15, 0.2) is 42.5 Å². The molecule has 0 saturated carbocycles. The Labute approximate surface area is 138 Å². The normalized spacial score (nSPS) is 10.8. The van der Waals surface area contributed by atoms with Crippen LogP contribution in [0, 0.1) is 6.92 Å². The topological polar surface area (TPSA) is 59.4 Å². The third-order valence-electron chi connectivity index (χ3n) is 3.56. The SMILES string of the molecule is Cc1nc(CCCOc2ccc3ccccc3c2)sc1C(=O)O. The quantitative estimate of drug-likeness (QED) is 0.685. The van der Waals surface area contributed by atoms with Gasteiger partial charge in [-0.05, 0) is 36.2 Å². The number of carboxylic acid groups (broad SMARTS) is 1. The molecule has 0 atom stereocenters. The van der Waals surface area contributed by atoms with E-state index in [1.54, 1.807) is 6.92 Å². The summed E-state index contributed by atoms with van der Waals surface area (Å²) >= 11 is 1.25. The highest BCUT2D eigenvalue weighted by Crippen LogP contribution is 2.22. The van der Waals surface area contributed by atoms with Crippen LogP contribution in [0.25, 0.3) is 10.8 Å². The average molecular weight is 327 g/mol. The van der Waals surface area contributed by atoms with Crippen LogP contribution < -0.4 is 4.74 Å². The van der Waals surface area contributed by atoms with E-state index in [0.29, 0.717) is 17.2 Å². The number of benzene rings is 2. The fourth-order valence-corrected chi connectivity index (χ4v) is 3.37. The van der Waals surface area contributed by atoms with Gasteiger partial charge in [0.15, 0.2) is 0 Å². The molecule has 0 fully saturated rings. The van der Waals surface area contributed by atoms with E-state index in [4.69, 9.17) is 9.84 Å². The van der Waals surface area contributed by atoms with Crippen LogP contribution in [0.1, 0.15) is 26.8 Å². The van der Waals surface area contributed by atoms with E-state index in [1.807, 2.05) is 30.3 Å². The van der Waals surface area contributed by atoms with Crippen molar-refractivity contribution in [3.8, 4) is 5.75 Å². The molecule has 118 valence electrons. The first kappa shape index (κ1) is 15.5. The number of nitrogens with zero attached hydrogens (tertiary/aromatic N) is 1. The van der Waals surface area contributed by atoms with Gasteiger partial charge in [0.1, 0.15) is 10.6 Å². The lowest BCUT2D eigenvalue weighted by Gasteiger charge is -2.06. The first-order chi connectivity index (χ1) is 11.1. The van der Waals surface area contributed by atoms with Gasteiger partial charge in [-0.1, -0.05) is 30.3 Å². The predicted molar refractivity (Wildman–Crippen MR) is 91.6 cm³/mol. The van der Waals surface area contributed by atoms with Gasteiger partial charge in [-0.3, -0.25) is 0 Å². The Morgan fingerprint density at radius 1 is 1.22 bits per heavy atom. The zero-order valence-electron chi connectivity index (χ0n) is 12.8. The van der Waals surface area contributed by atoms with Crippen LogP contribution >= 0.6 is 11.3 Å². The summed E-state index contributed by atoms with van der Waals surface area (Å²) in [6.45, 7) is 2.31. The lowest BCUT2D eigenvalue weighted by molar-refractivity contribution is 0.0701. The van der Waals surface area contributed by atoms with Crippen molar-refractivity contribution in [3.05, 3.63) is 58.0 Å². The average Bonchev–Trinajstić information content (AvgIpc) is 2.92. The molecule has 0 aliphatic carbocycles. The second kappa shape index (κ2) is 6.79. The predicted octanol–water partition coefficient (Wildman–Crippen LogP) is 4.31. The maximum atomic E-state index is 11.0. The highest BCUT2D eigenvalue weighted by molar-refractivity contribution is 7.13. The molecule has 0 aliphatic heterocycles. The molecular formula is C18H17NO3S. The number of hydrogen-bond acceptors (Lipinski definition) is 4. The monoisotopic (exact) mass is 327 g/mol. The maximum Gasteiger partial charge on any atom is 0.347 e. The van der Waals surface area contributed by atoms with Gasteiger partial charge in [0, 0.05) is 6.42 Å². The van der Waals surface area contributed by atoms with Crippen molar-refractivity contribution in [1.29, 1.82) is 0 Å². The van der Waals surface area contributed by atoms with Gasteiger partial charge in [0.25, 0.3) is 0 Å². The molecule has 23 heavy (non-hydrogen) atoms. The van der Waals surface area contributed by atoms with Gasteiger partial charge in [-0.2, -0.15) is 0 Å². The molecule has 0 saturated heterocycles. The number of aryl methyl sites for hydroxylation is 2. The Morgan fingerprint density at radius 2 is 2.00 bits per heavy atom. The van der Waals surface area contributed by atoms with Crippen molar-refractivity contribution in [2.24, 2.45) is 0 Å². The van der Waals surface area contributed by atoms with Crippen LogP contribution in [0.5, 0.6) is 5.75 Å². The largest absolute Gasteiger partial charge is 0.494 e. The van der Waals surface area contributed by atoms with Gasteiger partial charge in [-0.25, -0.2) is 9.78 Å². The minimum absolute atomic E-state index is 0.329. The minimum atomic E-state index is -0.904.